The molecule has 0 spiro atoms. The molecule has 3 rings (SSSR count). The van der Waals surface area contributed by atoms with Crippen LogP contribution in [0.5, 0.6) is 5.75 Å². The Hall–Kier alpha value is -2.07. The van der Waals surface area contributed by atoms with E-state index in [0.717, 1.165) is 22.3 Å². The van der Waals surface area contributed by atoms with Crippen LogP contribution in [-0.2, 0) is 13.0 Å². The van der Waals surface area contributed by atoms with Crippen molar-refractivity contribution in [2.45, 2.75) is 13.0 Å². The normalized spacial score (nSPS) is 10.7. The van der Waals surface area contributed by atoms with Crippen molar-refractivity contribution in [1.29, 1.82) is 0 Å². The molecule has 0 aliphatic carbocycles. The standard InChI is InChI=1S/C17H15BrN2O/c18-15-5-1-3-13(9-15)11-17-19-7-8-20(17)12-14-4-2-6-16(21)10-14/h1-10,21H,11-12H2. The summed E-state index contributed by atoms with van der Waals surface area (Å²) in [5.41, 5.74) is 2.27. The topological polar surface area (TPSA) is 38.0 Å². The first-order chi connectivity index (χ1) is 10.2. The second-order valence-electron chi connectivity index (χ2n) is 4.95. The highest BCUT2D eigenvalue weighted by Gasteiger charge is 2.06. The fraction of sp³-hybridized carbons (Fsp3) is 0.118. The second kappa shape index (κ2) is 6.14. The predicted octanol–water partition coefficient (Wildman–Crippen LogP) is 3.99. The van der Waals surface area contributed by atoms with E-state index in [1.807, 2.05) is 36.7 Å². The van der Waals surface area contributed by atoms with Gasteiger partial charge >= 0.3 is 0 Å². The largest absolute Gasteiger partial charge is 0.508 e. The fourth-order valence-corrected chi connectivity index (χ4v) is 2.78. The van der Waals surface area contributed by atoms with E-state index >= 15 is 0 Å². The lowest BCUT2D eigenvalue weighted by Gasteiger charge is -2.09. The molecule has 1 aromatic heterocycles. The van der Waals surface area contributed by atoms with Gasteiger partial charge in [-0.25, -0.2) is 4.98 Å². The van der Waals surface area contributed by atoms with E-state index in [9.17, 15) is 5.11 Å². The molecule has 0 saturated carbocycles. The molecule has 0 bridgehead atoms. The Labute approximate surface area is 132 Å². The lowest BCUT2D eigenvalue weighted by Crippen LogP contribution is -2.05. The van der Waals surface area contributed by atoms with Gasteiger partial charge in [-0.1, -0.05) is 40.2 Å². The summed E-state index contributed by atoms with van der Waals surface area (Å²) in [6.45, 7) is 0.706. The van der Waals surface area contributed by atoms with Gasteiger partial charge in [0, 0.05) is 29.8 Å². The molecule has 3 aromatic rings. The summed E-state index contributed by atoms with van der Waals surface area (Å²) >= 11 is 3.49. The molecule has 0 radical (unpaired) electrons. The number of hydrogen-bond donors (Lipinski definition) is 1. The number of nitrogens with zero attached hydrogens (tertiary/aromatic N) is 2. The lowest BCUT2D eigenvalue weighted by atomic mass is 10.1. The molecular weight excluding hydrogens is 328 g/mol. The van der Waals surface area contributed by atoms with Crippen LogP contribution in [0.4, 0.5) is 0 Å². The maximum absolute atomic E-state index is 9.55. The quantitative estimate of drug-likeness (QED) is 0.778. The minimum atomic E-state index is 0.293. The molecular formula is C17H15BrN2O. The van der Waals surface area contributed by atoms with Gasteiger partial charge in [-0.15, -0.1) is 0 Å². The molecule has 0 unspecified atom stereocenters. The molecule has 0 fully saturated rings. The lowest BCUT2D eigenvalue weighted by molar-refractivity contribution is 0.474. The van der Waals surface area contributed by atoms with Gasteiger partial charge in [0.2, 0.25) is 0 Å². The van der Waals surface area contributed by atoms with E-state index in [4.69, 9.17) is 0 Å². The number of halogens is 1. The van der Waals surface area contributed by atoms with Crippen molar-refractivity contribution in [2.24, 2.45) is 0 Å². The zero-order chi connectivity index (χ0) is 14.7. The van der Waals surface area contributed by atoms with Crippen molar-refractivity contribution < 1.29 is 5.11 Å². The number of phenolic OH excluding ortho intramolecular Hbond substituents is 1. The molecule has 3 nitrogen and oxygen atoms in total. The minimum absolute atomic E-state index is 0.293. The Morgan fingerprint density at radius 3 is 2.67 bits per heavy atom. The van der Waals surface area contributed by atoms with Crippen molar-refractivity contribution >= 4 is 15.9 Å². The Bertz CT molecular complexity index is 690. The number of aromatic nitrogens is 2. The van der Waals surface area contributed by atoms with Crippen LogP contribution in [0.15, 0.2) is 65.4 Å². The number of aromatic hydroxyl groups is 1. The van der Waals surface area contributed by atoms with Gasteiger partial charge in [0.25, 0.3) is 0 Å². The minimum Gasteiger partial charge on any atom is -0.508 e. The zero-order valence-corrected chi connectivity index (χ0v) is 13.0. The highest BCUT2D eigenvalue weighted by atomic mass is 79.9. The van der Waals surface area contributed by atoms with Crippen molar-refractivity contribution in [3.63, 3.8) is 0 Å². The maximum atomic E-state index is 9.55. The third kappa shape index (κ3) is 3.52. The van der Waals surface area contributed by atoms with Gasteiger partial charge < -0.3 is 9.67 Å². The number of rotatable bonds is 4. The molecule has 4 heteroatoms. The van der Waals surface area contributed by atoms with Gasteiger partial charge in [0.15, 0.2) is 0 Å². The highest BCUT2D eigenvalue weighted by molar-refractivity contribution is 9.10. The summed E-state index contributed by atoms with van der Waals surface area (Å²) in [5, 5.41) is 9.55. The second-order valence-corrected chi connectivity index (χ2v) is 5.86. The number of hydrogen-bond acceptors (Lipinski definition) is 2. The first-order valence-electron chi connectivity index (χ1n) is 6.73. The SMILES string of the molecule is Oc1cccc(Cn2ccnc2Cc2cccc(Br)c2)c1. The van der Waals surface area contributed by atoms with E-state index in [1.54, 1.807) is 12.1 Å². The predicted molar refractivity (Wildman–Crippen MR) is 86.4 cm³/mol. The Morgan fingerprint density at radius 1 is 1.05 bits per heavy atom. The Kier molecular flexibility index (Phi) is 4.06. The first kappa shape index (κ1) is 13.9. The molecule has 21 heavy (non-hydrogen) atoms. The average Bonchev–Trinajstić information content (AvgIpc) is 2.86. The summed E-state index contributed by atoms with van der Waals surface area (Å²) in [5.74, 6) is 1.30. The molecule has 0 aliphatic heterocycles. The van der Waals surface area contributed by atoms with Crippen molar-refractivity contribution in [1.82, 2.24) is 9.55 Å². The Morgan fingerprint density at radius 2 is 1.86 bits per heavy atom. The van der Waals surface area contributed by atoms with Crippen LogP contribution in [0.1, 0.15) is 17.0 Å². The molecule has 0 saturated heterocycles. The summed E-state index contributed by atoms with van der Waals surface area (Å²) < 4.78 is 3.18. The van der Waals surface area contributed by atoms with E-state index in [2.05, 4.69) is 37.6 Å². The molecule has 0 amide bonds. The molecule has 1 heterocycles. The van der Waals surface area contributed by atoms with Gasteiger partial charge in [0.05, 0.1) is 0 Å². The van der Waals surface area contributed by atoms with E-state index < -0.39 is 0 Å². The Balaban J connectivity index is 1.81. The van der Waals surface area contributed by atoms with Crippen LogP contribution in [0.25, 0.3) is 0 Å². The molecule has 1 N–H and O–H groups in total. The van der Waals surface area contributed by atoms with Crippen molar-refractivity contribution in [3.8, 4) is 5.75 Å². The highest BCUT2D eigenvalue weighted by Crippen LogP contribution is 2.16. The maximum Gasteiger partial charge on any atom is 0.115 e. The van der Waals surface area contributed by atoms with Crippen molar-refractivity contribution in [3.05, 3.63) is 82.3 Å². The van der Waals surface area contributed by atoms with E-state index in [-0.39, 0.29) is 0 Å². The summed E-state index contributed by atoms with van der Waals surface area (Å²) in [6.07, 6.45) is 4.57. The van der Waals surface area contributed by atoms with Crippen LogP contribution in [0.2, 0.25) is 0 Å². The zero-order valence-electron chi connectivity index (χ0n) is 11.4. The summed E-state index contributed by atoms with van der Waals surface area (Å²) in [6, 6.07) is 15.6. The molecule has 0 atom stereocenters. The summed E-state index contributed by atoms with van der Waals surface area (Å²) in [7, 11) is 0. The third-order valence-electron chi connectivity index (χ3n) is 3.32. The number of phenols is 1. The smallest absolute Gasteiger partial charge is 0.115 e. The monoisotopic (exact) mass is 342 g/mol. The van der Waals surface area contributed by atoms with E-state index in [0.29, 0.717) is 12.3 Å². The molecule has 106 valence electrons. The molecule has 2 aromatic carbocycles. The van der Waals surface area contributed by atoms with Gasteiger partial charge in [-0.3, -0.25) is 0 Å². The van der Waals surface area contributed by atoms with Crippen LogP contribution < -0.4 is 0 Å². The van der Waals surface area contributed by atoms with Crippen LogP contribution >= 0.6 is 15.9 Å². The van der Waals surface area contributed by atoms with Crippen LogP contribution in [0.3, 0.4) is 0 Å². The molecule has 0 aliphatic rings. The van der Waals surface area contributed by atoms with Crippen LogP contribution in [0, 0.1) is 0 Å². The van der Waals surface area contributed by atoms with Gasteiger partial charge in [-0.05, 0) is 35.4 Å². The first-order valence-corrected chi connectivity index (χ1v) is 7.52. The number of benzene rings is 2. The summed E-state index contributed by atoms with van der Waals surface area (Å²) in [4.78, 5) is 4.44. The third-order valence-corrected chi connectivity index (χ3v) is 3.81. The number of imidazole rings is 1. The average molecular weight is 343 g/mol. The van der Waals surface area contributed by atoms with Crippen LogP contribution in [-0.4, -0.2) is 14.7 Å². The van der Waals surface area contributed by atoms with E-state index in [1.165, 1.54) is 5.56 Å². The fourth-order valence-electron chi connectivity index (χ4n) is 2.33. The van der Waals surface area contributed by atoms with Crippen molar-refractivity contribution in [2.75, 3.05) is 0 Å². The van der Waals surface area contributed by atoms with Gasteiger partial charge in [0.1, 0.15) is 11.6 Å². The van der Waals surface area contributed by atoms with Gasteiger partial charge in [-0.2, -0.15) is 0 Å².